The molecule has 1 saturated heterocycles. The number of benzene rings is 1. The summed E-state index contributed by atoms with van der Waals surface area (Å²) in [4.78, 5) is 34.7. The summed E-state index contributed by atoms with van der Waals surface area (Å²) in [5.41, 5.74) is 1.61. The molecule has 3 amide bonds. The zero-order chi connectivity index (χ0) is 16.6. The van der Waals surface area contributed by atoms with Gasteiger partial charge in [0.25, 0.3) is 11.6 Å². The number of hydrogen-bond donors (Lipinski definition) is 1. The Hall–Kier alpha value is -3.42. The number of nitrogens with one attached hydrogen (secondary N) is 1. The highest BCUT2D eigenvalue weighted by molar-refractivity contribution is 6.13. The molecule has 0 atom stereocenters. The van der Waals surface area contributed by atoms with E-state index in [1.54, 1.807) is 41.1 Å². The second-order valence-corrected chi connectivity index (χ2v) is 4.92. The Morgan fingerprint density at radius 2 is 1.87 bits per heavy atom. The van der Waals surface area contributed by atoms with Crippen LogP contribution in [0.5, 0.6) is 0 Å². The second-order valence-electron chi connectivity index (χ2n) is 4.92. The molecule has 116 valence electrons. The SMILES string of the molecule is CN1C(=O)NC(=O)/C1=C/c1cccn1-c1ccc([N+](=O)[O-])cc1. The third kappa shape index (κ3) is 2.57. The molecule has 0 radical (unpaired) electrons. The van der Waals surface area contributed by atoms with Crippen LogP contribution in [0.1, 0.15) is 5.69 Å². The lowest BCUT2D eigenvalue weighted by atomic mass is 10.2. The fourth-order valence-electron chi connectivity index (χ4n) is 2.29. The van der Waals surface area contributed by atoms with E-state index in [2.05, 4.69) is 5.32 Å². The van der Waals surface area contributed by atoms with Crippen LogP contribution in [0.4, 0.5) is 10.5 Å². The summed E-state index contributed by atoms with van der Waals surface area (Å²) in [6.07, 6.45) is 3.35. The van der Waals surface area contributed by atoms with Gasteiger partial charge in [-0.2, -0.15) is 0 Å². The molecule has 2 aromatic rings. The highest BCUT2D eigenvalue weighted by atomic mass is 16.6. The summed E-state index contributed by atoms with van der Waals surface area (Å²) < 4.78 is 1.76. The van der Waals surface area contributed by atoms with Gasteiger partial charge in [-0.25, -0.2) is 4.79 Å². The fourth-order valence-corrected chi connectivity index (χ4v) is 2.29. The minimum atomic E-state index is -0.477. The summed E-state index contributed by atoms with van der Waals surface area (Å²) in [7, 11) is 1.51. The molecule has 8 nitrogen and oxygen atoms in total. The summed E-state index contributed by atoms with van der Waals surface area (Å²) in [5.74, 6) is -0.464. The first-order valence-electron chi connectivity index (χ1n) is 6.70. The van der Waals surface area contributed by atoms with Gasteiger partial charge in [-0.05, 0) is 30.3 Å². The number of nitro benzene ring substituents is 1. The Bertz CT molecular complexity index is 835. The largest absolute Gasteiger partial charge is 0.328 e. The number of hydrogen-bond acceptors (Lipinski definition) is 4. The Morgan fingerprint density at radius 3 is 2.43 bits per heavy atom. The maximum Gasteiger partial charge on any atom is 0.328 e. The minimum absolute atomic E-state index is 0.00121. The number of imide groups is 1. The molecule has 1 aliphatic rings. The van der Waals surface area contributed by atoms with Gasteiger partial charge in [-0.15, -0.1) is 0 Å². The van der Waals surface area contributed by atoms with Crippen molar-refractivity contribution in [2.75, 3.05) is 7.05 Å². The summed E-state index contributed by atoms with van der Waals surface area (Å²) in [6, 6.07) is 9.12. The van der Waals surface area contributed by atoms with Crippen molar-refractivity contribution < 1.29 is 14.5 Å². The molecule has 8 heteroatoms. The molecular weight excluding hydrogens is 300 g/mol. The van der Waals surface area contributed by atoms with Gasteiger partial charge in [0, 0.05) is 36.8 Å². The van der Waals surface area contributed by atoms with Crippen molar-refractivity contribution in [3.8, 4) is 5.69 Å². The van der Waals surface area contributed by atoms with Crippen LogP contribution in [-0.4, -0.2) is 33.4 Å². The minimum Gasteiger partial charge on any atom is -0.317 e. The van der Waals surface area contributed by atoms with Crippen molar-refractivity contribution in [3.05, 3.63) is 64.1 Å². The summed E-state index contributed by atoms with van der Waals surface area (Å²) in [6.45, 7) is 0. The average molecular weight is 312 g/mol. The first-order valence-corrected chi connectivity index (χ1v) is 6.70. The number of amides is 3. The topological polar surface area (TPSA) is 97.5 Å². The van der Waals surface area contributed by atoms with E-state index < -0.39 is 16.9 Å². The van der Waals surface area contributed by atoms with E-state index in [4.69, 9.17) is 0 Å². The van der Waals surface area contributed by atoms with Gasteiger partial charge >= 0.3 is 6.03 Å². The smallest absolute Gasteiger partial charge is 0.317 e. The number of carbonyl (C=O) groups is 2. The van der Waals surface area contributed by atoms with Crippen molar-refractivity contribution in [2.24, 2.45) is 0 Å². The summed E-state index contributed by atoms with van der Waals surface area (Å²) in [5, 5.41) is 12.9. The van der Waals surface area contributed by atoms with Crippen LogP contribution in [0.25, 0.3) is 11.8 Å². The quantitative estimate of drug-likeness (QED) is 0.405. The van der Waals surface area contributed by atoms with Gasteiger partial charge in [0.05, 0.1) is 4.92 Å². The number of nitro groups is 1. The number of likely N-dealkylation sites (N-methyl/N-ethyl adjacent to an activating group) is 1. The van der Waals surface area contributed by atoms with Crippen molar-refractivity contribution >= 4 is 23.7 Å². The fraction of sp³-hybridized carbons (Fsp3) is 0.0667. The predicted octanol–water partition coefficient (Wildman–Crippen LogP) is 1.91. The number of urea groups is 1. The van der Waals surface area contributed by atoms with Crippen molar-refractivity contribution in [3.63, 3.8) is 0 Å². The number of aromatic nitrogens is 1. The van der Waals surface area contributed by atoms with E-state index >= 15 is 0 Å². The first kappa shape index (κ1) is 14.5. The van der Waals surface area contributed by atoms with E-state index in [1.807, 2.05) is 0 Å². The zero-order valence-corrected chi connectivity index (χ0v) is 12.1. The molecule has 1 aromatic heterocycles. The standard InChI is InChI=1S/C15H12N4O4/c1-17-13(14(20)16-15(17)21)9-12-3-2-8-18(12)10-4-6-11(7-5-10)19(22)23/h2-9H,1H3,(H,16,20,21)/b13-9-. The number of nitrogens with zero attached hydrogens (tertiary/aromatic N) is 3. The molecule has 0 aliphatic carbocycles. The number of rotatable bonds is 3. The maximum absolute atomic E-state index is 11.8. The van der Waals surface area contributed by atoms with Crippen molar-refractivity contribution in [1.29, 1.82) is 0 Å². The highest BCUT2D eigenvalue weighted by Gasteiger charge is 2.29. The van der Waals surface area contributed by atoms with E-state index in [0.29, 0.717) is 11.4 Å². The average Bonchev–Trinajstić information content (AvgIpc) is 3.08. The van der Waals surface area contributed by atoms with Crippen LogP contribution in [-0.2, 0) is 4.79 Å². The van der Waals surface area contributed by atoms with E-state index in [0.717, 1.165) is 0 Å². The van der Waals surface area contributed by atoms with Gasteiger partial charge in [0.15, 0.2) is 0 Å². The Kier molecular flexibility index (Phi) is 3.41. The summed E-state index contributed by atoms with van der Waals surface area (Å²) >= 11 is 0. The Morgan fingerprint density at radius 1 is 1.17 bits per heavy atom. The monoisotopic (exact) mass is 312 g/mol. The molecule has 0 unspecified atom stereocenters. The molecule has 1 fully saturated rings. The molecule has 2 heterocycles. The van der Waals surface area contributed by atoms with E-state index in [1.165, 1.54) is 24.1 Å². The molecule has 1 aromatic carbocycles. The predicted molar refractivity (Wildman–Crippen MR) is 81.7 cm³/mol. The molecule has 0 spiro atoms. The van der Waals surface area contributed by atoms with Crippen LogP contribution in [0, 0.1) is 10.1 Å². The van der Waals surface area contributed by atoms with Crippen LogP contribution < -0.4 is 5.32 Å². The second kappa shape index (κ2) is 5.41. The first-order chi connectivity index (χ1) is 11.0. The maximum atomic E-state index is 11.8. The van der Waals surface area contributed by atoms with E-state index in [9.17, 15) is 19.7 Å². The Balaban J connectivity index is 1.98. The highest BCUT2D eigenvalue weighted by Crippen LogP contribution is 2.20. The lowest BCUT2D eigenvalue weighted by Gasteiger charge is -2.09. The number of carbonyl (C=O) groups excluding carboxylic acids is 2. The van der Waals surface area contributed by atoms with Crippen molar-refractivity contribution in [2.45, 2.75) is 0 Å². The van der Waals surface area contributed by atoms with Gasteiger partial charge < -0.3 is 4.57 Å². The van der Waals surface area contributed by atoms with E-state index in [-0.39, 0.29) is 11.4 Å². The third-order valence-electron chi connectivity index (χ3n) is 3.52. The van der Waals surface area contributed by atoms with Crippen molar-refractivity contribution in [1.82, 2.24) is 14.8 Å². The molecule has 3 rings (SSSR count). The third-order valence-corrected chi connectivity index (χ3v) is 3.52. The molecule has 23 heavy (non-hydrogen) atoms. The van der Waals surface area contributed by atoms with Crippen LogP contribution >= 0.6 is 0 Å². The van der Waals surface area contributed by atoms with Gasteiger partial charge in [0.1, 0.15) is 5.70 Å². The van der Waals surface area contributed by atoms with Gasteiger partial charge in [-0.1, -0.05) is 0 Å². The molecule has 0 saturated carbocycles. The number of non-ortho nitro benzene ring substituents is 1. The lowest BCUT2D eigenvalue weighted by molar-refractivity contribution is -0.384. The van der Waals surface area contributed by atoms with Gasteiger partial charge in [-0.3, -0.25) is 25.1 Å². The molecular formula is C15H12N4O4. The van der Waals surface area contributed by atoms with Crippen LogP contribution in [0.15, 0.2) is 48.3 Å². The molecule has 1 N–H and O–H groups in total. The molecule has 0 bridgehead atoms. The zero-order valence-electron chi connectivity index (χ0n) is 12.1. The van der Waals surface area contributed by atoms with Crippen LogP contribution in [0.3, 0.4) is 0 Å². The lowest BCUT2D eigenvalue weighted by Crippen LogP contribution is -2.24. The van der Waals surface area contributed by atoms with Crippen LogP contribution in [0.2, 0.25) is 0 Å². The normalized spacial score (nSPS) is 16.0. The van der Waals surface area contributed by atoms with Gasteiger partial charge in [0.2, 0.25) is 0 Å². The molecule has 1 aliphatic heterocycles. The Labute approximate surface area is 130 Å².